The lowest BCUT2D eigenvalue weighted by atomic mass is 10.1. The van der Waals surface area contributed by atoms with Crippen LogP contribution in [0.4, 0.5) is 0 Å². The molecule has 0 fully saturated rings. The number of aromatic nitrogens is 1. The first-order valence-electron chi connectivity index (χ1n) is 6.06. The number of aliphatic hydroxyl groups excluding tert-OH is 1. The van der Waals surface area contributed by atoms with Gasteiger partial charge in [-0.2, -0.15) is 0 Å². The Morgan fingerprint density at radius 2 is 1.89 bits per heavy atom. The molecule has 1 heterocycles. The maximum Gasteiger partial charge on any atom is 0.143 e. The van der Waals surface area contributed by atoms with Crippen LogP contribution in [0.1, 0.15) is 6.92 Å². The smallest absolute Gasteiger partial charge is 0.143 e. The van der Waals surface area contributed by atoms with E-state index in [1.54, 1.807) is 6.92 Å². The van der Waals surface area contributed by atoms with Crippen LogP contribution in [0.15, 0.2) is 42.5 Å². The first-order valence-corrected chi connectivity index (χ1v) is 6.06. The summed E-state index contributed by atoms with van der Waals surface area (Å²) >= 11 is 0. The maximum atomic E-state index is 9.29. The van der Waals surface area contributed by atoms with Crippen molar-refractivity contribution in [3.05, 3.63) is 42.5 Å². The minimum atomic E-state index is -0.468. The number of hydrogen-bond acceptors (Lipinski definition) is 2. The first-order chi connectivity index (χ1) is 8.75. The topological polar surface area (TPSA) is 45.2 Å². The summed E-state index contributed by atoms with van der Waals surface area (Å²) in [5.74, 6) is 0.782. The van der Waals surface area contributed by atoms with Crippen LogP contribution >= 0.6 is 0 Å². The fourth-order valence-corrected chi connectivity index (χ4v) is 2.18. The second kappa shape index (κ2) is 4.35. The van der Waals surface area contributed by atoms with E-state index in [0.29, 0.717) is 6.61 Å². The highest BCUT2D eigenvalue weighted by Crippen LogP contribution is 2.31. The standard InChI is InChI=1S/C15H15NO2/c1-10(17)9-18-14-8-4-6-12-11-5-2-3-7-13(11)16-15(12)14/h2-8,10,16-17H,9H2,1H3. The molecule has 3 nitrogen and oxygen atoms in total. The maximum absolute atomic E-state index is 9.29. The van der Waals surface area contributed by atoms with Crippen molar-refractivity contribution in [2.75, 3.05) is 6.61 Å². The van der Waals surface area contributed by atoms with E-state index >= 15 is 0 Å². The largest absolute Gasteiger partial charge is 0.489 e. The van der Waals surface area contributed by atoms with E-state index in [1.807, 2.05) is 30.3 Å². The van der Waals surface area contributed by atoms with Crippen molar-refractivity contribution in [3.63, 3.8) is 0 Å². The summed E-state index contributed by atoms with van der Waals surface area (Å²) in [6.45, 7) is 2.01. The van der Waals surface area contributed by atoms with Crippen LogP contribution in [0, 0.1) is 0 Å². The predicted molar refractivity (Wildman–Crippen MR) is 73.0 cm³/mol. The van der Waals surface area contributed by atoms with Gasteiger partial charge >= 0.3 is 0 Å². The number of nitrogens with one attached hydrogen (secondary N) is 1. The van der Waals surface area contributed by atoms with E-state index in [9.17, 15) is 5.11 Å². The normalized spacial score (nSPS) is 13.0. The molecule has 0 amide bonds. The van der Waals surface area contributed by atoms with E-state index in [4.69, 9.17) is 4.74 Å². The Bertz CT molecular complexity index is 685. The number of H-pyrrole nitrogens is 1. The molecule has 3 rings (SSSR count). The van der Waals surface area contributed by atoms with Gasteiger partial charge in [-0.3, -0.25) is 0 Å². The molecule has 0 aliphatic heterocycles. The first kappa shape index (κ1) is 11.1. The summed E-state index contributed by atoms with van der Waals surface area (Å²) in [4.78, 5) is 3.36. The highest BCUT2D eigenvalue weighted by atomic mass is 16.5. The Morgan fingerprint density at radius 3 is 2.72 bits per heavy atom. The average molecular weight is 241 g/mol. The molecule has 18 heavy (non-hydrogen) atoms. The van der Waals surface area contributed by atoms with Crippen molar-refractivity contribution in [2.45, 2.75) is 13.0 Å². The van der Waals surface area contributed by atoms with Crippen LogP contribution < -0.4 is 4.74 Å². The van der Waals surface area contributed by atoms with Gasteiger partial charge in [0.15, 0.2) is 0 Å². The summed E-state index contributed by atoms with van der Waals surface area (Å²) in [5.41, 5.74) is 2.08. The number of fused-ring (bicyclic) bond motifs is 3. The molecule has 0 bridgehead atoms. The van der Waals surface area contributed by atoms with Crippen molar-refractivity contribution in [3.8, 4) is 5.75 Å². The van der Waals surface area contributed by atoms with E-state index in [2.05, 4.69) is 17.1 Å². The zero-order chi connectivity index (χ0) is 12.5. The third-order valence-corrected chi connectivity index (χ3v) is 2.98. The molecule has 0 aliphatic rings. The molecule has 1 atom stereocenters. The van der Waals surface area contributed by atoms with Gasteiger partial charge in [0.2, 0.25) is 0 Å². The lowest BCUT2D eigenvalue weighted by molar-refractivity contribution is 0.123. The van der Waals surface area contributed by atoms with Crippen LogP contribution in [-0.2, 0) is 0 Å². The molecule has 2 aromatic carbocycles. The van der Waals surface area contributed by atoms with Gasteiger partial charge in [0.05, 0.1) is 11.6 Å². The third kappa shape index (κ3) is 1.83. The summed E-state index contributed by atoms with van der Waals surface area (Å²) in [7, 11) is 0. The molecule has 0 spiro atoms. The molecular weight excluding hydrogens is 226 g/mol. The monoisotopic (exact) mass is 241 g/mol. The van der Waals surface area contributed by atoms with Gasteiger partial charge in [0.1, 0.15) is 12.4 Å². The van der Waals surface area contributed by atoms with Crippen molar-refractivity contribution in [2.24, 2.45) is 0 Å². The number of rotatable bonds is 3. The van der Waals surface area contributed by atoms with Gasteiger partial charge < -0.3 is 14.8 Å². The minimum Gasteiger partial charge on any atom is -0.489 e. The van der Waals surface area contributed by atoms with Crippen LogP contribution in [0.5, 0.6) is 5.75 Å². The van der Waals surface area contributed by atoms with Gasteiger partial charge in [0, 0.05) is 16.3 Å². The number of aromatic amines is 1. The fraction of sp³-hybridized carbons (Fsp3) is 0.200. The quantitative estimate of drug-likeness (QED) is 0.740. The van der Waals surface area contributed by atoms with Crippen LogP contribution in [-0.4, -0.2) is 22.8 Å². The van der Waals surface area contributed by atoms with Gasteiger partial charge in [-0.25, -0.2) is 0 Å². The molecule has 1 unspecified atom stereocenters. The highest BCUT2D eigenvalue weighted by molar-refractivity contribution is 6.09. The Morgan fingerprint density at radius 1 is 1.11 bits per heavy atom. The Balaban J connectivity index is 2.15. The molecule has 3 heteroatoms. The molecule has 0 saturated carbocycles. The lowest BCUT2D eigenvalue weighted by Crippen LogP contribution is -2.12. The number of aliphatic hydroxyl groups is 1. The molecule has 0 saturated heterocycles. The fourth-order valence-electron chi connectivity index (χ4n) is 2.18. The van der Waals surface area contributed by atoms with Crippen molar-refractivity contribution < 1.29 is 9.84 Å². The van der Waals surface area contributed by atoms with Crippen molar-refractivity contribution >= 4 is 21.8 Å². The highest BCUT2D eigenvalue weighted by Gasteiger charge is 2.08. The molecular formula is C15H15NO2. The van der Waals surface area contributed by atoms with Gasteiger partial charge in [-0.1, -0.05) is 30.3 Å². The van der Waals surface area contributed by atoms with Gasteiger partial charge in [-0.05, 0) is 19.1 Å². The molecule has 3 aromatic rings. The lowest BCUT2D eigenvalue weighted by Gasteiger charge is -2.08. The second-order valence-electron chi connectivity index (χ2n) is 4.51. The Hall–Kier alpha value is -2.00. The molecule has 1 aromatic heterocycles. The molecule has 2 N–H and O–H groups in total. The number of benzene rings is 2. The van der Waals surface area contributed by atoms with E-state index in [1.165, 1.54) is 5.39 Å². The summed E-state index contributed by atoms with van der Waals surface area (Å²) in [6, 6.07) is 14.1. The number of para-hydroxylation sites is 2. The number of hydrogen-bond donors (Lipinski definition) is 2. The summed E-state index contributed by atoms with van der Waals surface area (Å²) < 4.78 is 5.63. The second-order valence-corrected chi connectivity index (χ2v) is 4.51. The predicted octanol–water partition coefficient (Wildman–Crippen LogP) is 3.08. The molecule has 0 aliphatic carbocycles. The van der Waals surface area contributed by atoms with E-state index in [-0.39, 0.29) is 0 Å². The summed E-state index contributed by atoms with van der Waals surface area (Å²) in [6.07, 6.45) is -0.468. The van der Waals surface area contributed by atoms with E-state index < -0.39 is 6.10 Å². The van der Waals surface area contributed by atoms with Crippen LogP contribution in [0.3, 0.4) is 0 Å². The van der Waals surface area contributed by atoms with Crippen molar-refractivity contribution in [1.82, 2.24) is 4.98 Å². The third-order valence-electron chi connectivity index (χ3n) is 2.98. The van der Waals surface area contributed by atoms with Crippen molar-refractivity contribution in [1.29, 1.82) is 0 Å². The number of ether oxygens (including phenoxy) is 1. The van der Waals surface area contributed by atoms with Gasteiger partial charge in [0.25, 0.3) is 0 Å². The molecule has 0 radical (unpaired) electrons. The zero-order valence-electron chi connectivity index (χ0n) is 10.2. The minimum absolute atomic E-state index is 0.300. The van der Waals surface area contributed by atoms with Crippen LogP contribution in [0.25, 0.3) is 21.8 Å². The SMILES string of the molecule is CC(O)COc1cccc2c1[nH]c1ccccc12. The Labute approximate surface area is 105 Å². The summed E-state index contributed by atoms with van der Waals surface area (Å²) in [5, 5.41) is 11.6. The average Bonchev–Trinajstić information content (AvgIpc) is 2.75. The molecule has 92 valence electrons. The Kier molecular flexibility index (Phi) is 2.68. The zero-order valence-corrected chi connectivity index (χ0v) is 10.2. The van der Waals surface area contributed by atoms with Crippen LogP contribution in [0.2, 0.25) is 0 Å². The van der Waals surface area contributed by atoms with Gasteiger partial charge in [-0.15, -0.1) is 0 Å². The van der Waals surface area contributed by atoms with E-state index in [0.717, 1.165) is 22.2 Å².